The van der Waals surface area contributed by atoms with E-state index in [9.17, 15) is 14.4 Å². The van der Waals surface area contributed by atoms with Crippen LogP contribution in [-0.4, -0.2) is 44.8 Å². The lowest BCUT2D eigenvalue weighted by Crippen LogP contribution is -2.40. The van der Waals surface area contributed by atoms with Crippen molar-refractivity contribution in [3.05, 3.63) is 11.1 Å². The van der Waals surface area contributed by atoms with Gasteiger partial charge in [0.05, 0.1) is 0 Å². The van der Waals surface area contributed by atoms with E-state index in [1.54, 1.807) is 41.5 Å². The molecule has 0 spiro atoms. The predicted molar refractivity (Wildman–Crippen MR) is 110 cm³/mol. The summed E-state index contributed by atoms with van der Waals surface area (Å²) in [6.07, 6.45) is -0.698. The van der Waals surface area contributed by atoms with Crippen LogP contribution in [0.15, 0.2) is 10.5 Å². The summed E-state index contributed by atoms with van der Waals surface area (Å²) in [5, 5.41) is 6.83. The highest BCUT2D eigenvalue weighted by Gasteiger charge is 2.36. The second-order valence-electron chi connectivity index (χ2n) is 8.48. The number of anilines is 1. The van der Waals surface area contributed by atoms with Crippen LogP contribution < -0.4 is 5.32 Å². The molecule has 0 unspecified atom stereocenters. The first-order valence-electron chi connectivity index (χ1n) is 8.65. The van der Waals surface area contributed by atoms with Crippen LogP contribution in [0, 0.1) is 0 Å². The van der Waals surface area contributed by atoms with E-state index in [2.05, 4.69) is 15.5 Å². The first-order chi connectivity index (χ1) is 13.0. The summed E-state index contributed by atoms with van der Waals surface area (Å²) in [5.41, 5.74) is -3.12. The van der Waals surface area contributed by atoms with E-state index >= 15 is 0 Å². The van der Waals surface area contributed by atoms with Gasteiger partial charge in [0, 0.05) is 5.38 Å². The SMILES string of the molecule is CC(C)(C)OC(=O)Nc1nc(/C(=N/OC(C)(C)C(=O)OC(C)(C)C)C(=O)Cl)cs1. The first kappa shape index (κ1) is 24.8. The fourth-order valence-electron chi connectivity index (χ4n) is 1.61. The van der Waals surface area contributed by atoms with Crippen LogP contribution >= 0.6 is 22.9 Å². The van der Waals surface area contributed by atoms with Gasteiger partial charge in [-0.3, -0.25) is 10.1 Å². The third kappa shape index (κ3) is 8.78. The summed E-state index contributed by atoms with van der Waals surface area (Å²) in [7, 11) is 0. The van der Waals surface area contributed by atoms with Crippen molar-refractivity contribution in [3.8, 4) is 0 Å². The number of hydrogen-bond donors (Lipinski definition) is 1. The smallest absolute Gasteiger partial charge is 0.413 e. The van der Waals surface area contributed by atoms with Crippen LogP contribution in [0.2, 0.25) is 0 Å². The number of carbonyl (C=O) groups excluding carboxylic acids is 3. The van der Waals surface area contributed by atoms with Crippen molar-refractivity contribution in [1.29, 1.82) is 0 Å². The highest BCUT2D eigenvalue weighted by molar-refractivity contribution is 7.14. The van der Waals surface area contributed by atoms with Crippen molar-refractivity contribution in [1.82, 2.24) is 4.98 Å². The molecule has 0 bridgehead atoms. The number of amides is 1. The molecule has 1 aromatic rings. The van der Waals surface area contributed by atoms with Crippen molar-refractivity contribution < 1.29 is 28.7 Å². The lowest BCUT2D eigenvalue weighted by molar-refractivity contribution is -0.179. The molecule has 11 heteroatoms. The molecule has 0 aromatic carbocycles. The second-order valence-corrected chi connectivity index (χ2v) is 9.68. The number of oxime groups is 1. The Morgan fingerprint density at radius 3 is 2.07 bits per heavy atom. The highest BCUT2D eigenvalue weighted by atomic mass is 35.5. The number of halogens is 1. The number of hydrogen-bond acceptors (Lipinski definition) is 9. The van der Waals surface area contributed by atoms with E-state index in [1.807, 2.05) is 0 Å². The zero-order valence-corrected chi connectivity index (χ0v) is 19.3. The normalized spacial score (nSPS) is 12.9. The Hall–Kier alpha value is -2.20. The van der Waals surface area contributed by atoms with Gasteiger partial charge in [-0.05, 0) is 67.0 Å². The fourth-order valence-corrected chi connectivity index (χ4v) is 2.42. The molecular formula is C18H26ClN3O6S. The van der Waals surface area contributed by atoms with Crippen molar-refractivity contribution in [3.63, 3.8) is 0 Å². The summed E-state index contributed by atoms with van der Waals surface area (Å²) in [4.78, 5) is 45.1. The average molecular weight is 448 g/mol. The molecule has 0 saturated heterocycles. The number of esters is 1. The Morgan fingerprint density at radius 2 is 1.59 bits per heavy atom. The molecule has 1 aromatic heterocycles. The molecule has 0 aliphatic carbocycles. The van der Waals surface area contributed by atoms with Gasteiger partial charge in [0.25, 0.3) is 5.24 Å². The summed E-state index contributed by atoms with van der Waals surface area (Å²) in [6, 6.07) is 0. The van der Waals surface area contributed by atoms with Crippen LogP contribution in [0.4, 0.5) is 9.93 Å². The zero-order valence-electron chi connectivity index (χ0n) is 17.7. The maximum Gasteiger partial charge on any atom is 0.413 e. The summed E-state index contributed by atoms with van der Waals surface area (Å²) in [5.74, 6) is -0.666. The predicted octanol–water partition coefficient (Wildman–Crippen LogP) is 4.10. The van der Waals surface area contributed by atoms with Gasteiger partial charge in [-0.2, -0.15) is 0 Å². The molecule has 0 fully saturated rings. The molecule has 1 amide bonds. The van der Waals surface area contributed by atoms with Crippen molar-refractivity contribution in [2.45, 2.75) is 72.2 Å². The number of aromatic nitrogens is 1. The molecule has 0 radical (unpaired) electrons. The van der Waals surface area contributed by atoms with Crippen LogP contribution in [0.5, 0.6) is 0 Å². The third-order valence-electron chi connectivity index (χ3n) is 2.80. The minimum absolute atomic E-state index is 0.0704. The van der Waals surface area contributed by atoms with E-state index in [0.717, 1.165) is 11.3 Å². The van der Waals surface area contributed by atoms with Gasteiger partial charge in [-0.25, -0.2) is 14.6 Å². The first-order valence-corrected chi connectivity index (χ1v) is 9.91. The fraction of sp³-hybridized carbons (Fsp3) is 0.611. The molecule has 0 saturated carbocycles. The molecular weight excluding hydrogens is 422 g/mol. The number of nitrogens with one attached hydrogen (secondary N) is 1. The molecule has 0 aliphatic heterocycles. The minimum atomic E-state index is -1.47. The number of thiazole rings is 1. The van der Waals surface area contributed by atoms with Crippen LogP contribution in [0.3, 0.4) is 0 Å². The maximum atomic E-state index is 12.2. The van der Waals surface area contributed by atoms with Crippen molar-refractivity contribution in [2.24, 2.45) is 5.16 Å². The molecule has 0 atom stereocenters. The van der Waals surface area contributed by atoms with E-state index in [0.29, 0.717) is 0 Å². The van der Waals surface area contributed by atoms with Crippen LogP contribution in [-0.2, 0) is 23.9 Å². The van der Waals surface area contributed by atoms with Crippen LogP contribution in [0.1, 0.15) is 61.1 Å². The van der Waals surface area contributed by atoms with Gasteiger partial charge in [0.1, 0.15) is 16.9 Å². The van der Waals surface area contributed by atoms with Crippen molar-refractivity contribution >= 4 is 51.1 Å². The van der Waals surface area contributed by atoms with Gasteiger partial charge in [-0.15, -0.1) is 11.3 Å². The second kappa shape index (κ2) is 9.08. The molecule has 9 nitrogen and oxygen atoms in total. The Labute approximate surface area is 178 Å². The van der Waals surface area contributed by atoms with Crippen LogP contribution in [0.25, 0.3) is 0 Å². The topological polar surface area (TPSA) is 116 Å². The molecule has 1 N–H and O–H groups in total. The monoisotopic (exact) mass is 447 g/mol. The van der Waals surface area contributed by atoms with E-state index < -0.39 is 34.1 Å². The van der Waals surface area contributed by atoms with Gasteiger partial charge in [0.15, 0.2) is 10.8 Å². The van der Waals surface area contributed by atoms with Gasteiger partial charge < -0.3 is 14.3 Å². The van der Waals surface area contributed by atoms with Gasteiger partial charge >= 0.3 is 12.1 Å². The molecule has 29 heavy (non-hydrogen) atoms. The van der Waals surface area contributed by atoms with Gasteiger partial charge in [0.2, 0.25) is 5.60 Å². The summed E-state index contributed by atoms with van der Waals surface area (Å²) in [6.45, 7) is 13.2. The standard InChI is InChI=1S/C18H26ClN3O6S/c1-16(2,3)26-13(24)18(7,8)28-22-11(12(19)23)10-9-29-14(20-10)21-15(25)27-17(4,5)6/h9H,1-8H3,(H,20,21,25)/b22-11-. The molecule has 1 heterocycles. The van der Waals surface area contributed by atoms with E-state index in [4.69, 9.17) is 25.9 Å². The minimum Gasteiger partial charge on any atom is -0.457 e. The van der Waals surface area contributed by atoms with Gasteiger partial charge in [-0.1, -0.05) is 5.16 Å². The molecule has 162 valence electrons. The Morgan fingerprint density at radius 1 is 1.03 bits per heavy atom. The maximum absolute atomic E-state index is 12.2. The average Bonchev–Trinajstić information content (AvgIpc) is 2.91. The summed E-state index contributed by atoms with van der Waals surface area (Å²) < 4.78 is 10.4. The summed E-state index contributed by atoms with van der Waals surface area (Å²) >= 11 is 6.62. The quantitative estimate of drug-likeness (QED) is 0.302. The largest absolute Gasteiger partial charge is 0.457 e. The lowest BCUT2D eigenvalue weighted by Gasteiger charge is -2.26. The Kier molecular flexibility index (Phi) is 7.78. The molecule has 0 aliphatic rings. The number of ether oxygens (including phenoxy) is 2. The van der Waals surface area contributed by atoms with Crippen molar-refractivity contribution in [2.75, 3.05) is 5.32 Å². The number of carbonyl (C=O) groups is 3. The van der Waals surface area contributed by atoms with E-state index in [1.165, 1.54) is 19.2 Å². The molecule has 1 rings (SSSR count). The Balaban J connectivity index is 2.96. The lowest BCUT2D eigenvalue weighted by atomic mass is 10.1. The third-order valence-corrected chi connectivity index (χ3v) is 3.73. The zero-order chi connectivity index (χ0) is 22.6. The Bertz CT molecular complexity index is 805. The highest BCUT2D eigenvalue weighted by Crippen LogP contribution is 2.21. The number of nitrogens with zero attached hydrogens (tertiary/aromatic N) is 2. The number of rotatable bonds is 6. The van der Waals surface area contributed by atoms with E-state index in [-0.39, 0.29) is 16.5 Å².